The van der Waals surface area contributed by atoms with Gasteiger partial charge in [0.05, 0.1) is 6.33 Å². The zero-order chi connectivity index (χ0) is 12.8. The summed E-state index contributed by atoms with van der Waals surface area (Å²) in [7, 11) is 0. The predicted molar refractivity (Wildman–Crippen MR) is 65.7 cm³/mol. The lowest BCUT2D eigenvalue weighted by molar-refractivity contribution is -0.141. The van der Waals surface area contributed by atoms with Crippen LogP contribution in [0.25, 0.3) is 5.69 Å². The first-order valence-corrected chi connectivity index (χ1v) is 5.60. The second kappa shape index (κ2) is 5.86. The molecule has 2 rings (SSSR count). The quantitative estimate of drug-likeness (QED) is 0.596. The van der Waals surface area contributed by atoms with Gasteiger partial charge in [-0.15, -0.1) is 0 Å². The number of aromatic nitrogens is 2. The molecular formula is C13H14N2O3. The third-order valence-corrected chi connectivity index (χ3v) is 2.30. The molecule has 1 aromatic carbocycles. The van der Waals surface area contributed by atoms with Gasteiger partial charge in [0.25, 0.3) is 0 Å². The Balaban J connectivity index is 1.86. The molecule has 0 bridgehead atoms. The Morgan fingerprint density at radius 1 is 1.28 bits per heavy atom. The summed E-state index contributed by atoms with van der Waals surface area (Å²) in [6.45, 7) is 1.99. The topological polar surface area (TPSA) is 53.4 Å². The number of rotatable bonds is 5. The number of esters is 1. The van der Waals surface area contributed by atoms with Crippen LogP contribution in [0.3, 0.4) is 0 Å². The van der Waals surface area contributed by atoms with E-state index in [1.54, 1.807) is 12.5 Å². The molecule has 2 aromatic rings. The highest BCUT2D eigenvalue weighted by Crippen LogP contribution is 2.14. The highest BCUT2D eigenvalue weighted by molar-refractivity contribution is 5.65. The molecule has 0 atom stereocenters. The average Bonchev–Trinajstić information content (AvgIpc) is 2.89. The van der Waals surface area contributed by atoms with Crippen molar-refractivity contribution in [1.82, 2.24) is 9.55 Å². The summed E-state index contributed by atoms with van der Waals surface area (Å²) in [6.07, 6.45) is 5.33. The smallest absolute Gasteiger partial charge is 0.302 e. The summed E-state index contributed by atoms with van der Waals surface area (Å²) in [5, 5.41) is 0. The second-order valence-corrected chi connectivity index (χ2v) is 3.65. The van der Waals surface area contributed by atoms with Gasteiger partial charge in [0.2, 0.25) is 0 Å². The molecule has 0 N–H and O–H groups in total. The van der Waals surface area contributed by atoms with Gasteiger partial charge in [-0.1, -0.05) is 0 Å². The van der Waals surface area contributed by atoms with Crippen molar-refractivity contribution in [3.8, 4) is 11.4 Å². The Labute approximate surface area is 105 Å². The van der Waals surface area contributed by atoms with Gasteiger partial charge in [-0.25, -0.2) is 4.98 Å². The number of hydrogen-bond acceptors (Lipinski definition) is 4. The summed E-state index contributed by atoms with van der Waals surface area (Å²) in [5.74, 6) is 0.445. The zero-order valence-corrected chi connectivity index (χ0v) is 10.1. The van der Waals surface area contributed by atoms with Crippen LogP contribution < -0.4 is 4.74 Å². The van der Waals surface area contributed by atoms with Crippen molar-refractivity contribution in [3.63, 3.8) is 0 Å². The number of carbonyl (C=O) groups is 1. The fourth-order valence-electron chi connectivity index (χ4n) is 1.47. The Kier molecular flexibility index (Phi) is 3.96. The Hall–Kier alpha value is -2.30. The number of benzene rings is 1. The first-order chi connectivity index (χ1) is 8.75. The lowest BCUT2D eigenvalue weighted by Gasteiger charge is -2.07. The summed E-state index contributed by atoms with van der Waals surface area (Å²) in [4.78, 5) is 14.5. The number of nitrogens with zero attached hydrogens (tertiary/aromatic N) is 2. The van der Waals surface area contributed by atoms with Gasteiger partial charge >= 0.3 is 5.97 Å². The van der Waals surface area contributed by atoms with Crippen LogP contribution in [0.15, 0.2) is 43.0 Å². The highest BCUT2D eigenvalue weighted by atomic mass is 16.6. The van der Waals surface area contributed by atoms with Crippen LogP contribution in [0.4, 0.5) is 0 Å². The van der Waals surface area contributed by atoms with E-state index < -0.39 is 0 Å². The number of imidazole rings is 1. The van der Waals surface area contributed by atoms with E-state index in [-0.39, 0.29) is 12.6 Å². The minimum Gasteiger partial charge on any atom is -0.490 e. The Morgan fingerprint density at radius 3 is 2.67 bits per heavy atom. The van der Waals surface area contributed by atoms with Crippen LogP contribution in [0.5, 0.6) is 5.75 Å². The van der Waals surface area contributed by atoms with E-state index in [0.29, 0.717) is 6.61 Å². The van der Waals surface area contributed by atoms with Crippen molar-refractivity contribution in [3.05, 3.63) is 43.0 Å². The van der Waals surface area contributed by atoms with Crippen LogP contribution in [-0.2, 0) is 9.53 Å². The van der Waals surface area contributed by atoms with Crippen LogP contribution in [0, 0.1) is 0 Å². The molecular weight excluding hydrogens is 232 g/mol. The normalized spacial score (nSPS) is 10.1. The molecule has 5 nitrogen and oxygen atoms in total. The maximum atomic E-state index is 10.5. The fraction of sp³-hybridized carbons (Fsp3) is 0.231. The first kappa shape index (κ1) is 12.2. The van der Waals surface area contributed by atoms with Gasteiger partial charge in [0, 0.05) is 25.0 Å². The molecule has 0 saturated heterocycles. The third kappa shape index (κ3) is 3.35. The molecule has 5 heteroatoms. The van der Waals surface area contributed by atoms with E-state index in [9.17, 15) is 4.79 Å². The van der Waals surface area contributed by atoms with Crippen molar-refractivity contribution in [1.29, 1.82) is 0 Å². The molecule has 0 aliphatic carbocycles. The molecule has 0 amide bonds. The second-order valence-electron chi connectivity index (χ2n) is 3.65. The first-order valence-electron chi connectivity index (χ1n) is 5.60. The van der Waals surface area contributed by atoms with Crippen molar-refractivity contribution < 1.29 is 14.3 Å². The molecule has 1 aromatic heterocycles. The summed E-state index contributed by atoms with van der Waals surface area (Å²) in [5.41, 5.74) is 1.01. The van der Waals surface area contributed by atoms with Gasteiger partial charge in [-0.05, 0) is 24.3 Å². The van der Waals surface area contributed by atoms with E-state index in [1.165, 1.54) is 6.92 Å². The monoisotopic (exact) mass is 246 g/mol. The molecule has 94 valence electrons. The van der Waals surface area contributed by atoms with Crippen LogP contribution in [0.2, 0.25) is 0 Å². The molecule has 0 saturated carbocycles. The maximum absolute atomic E-state index is 10.5. The maximum Gasteiger partial charge on any atom is 0.302 e. The lowest BCUT2D eigenvalue weighted by Crippen LogP contribution is -2.09. The molecule has 0 unspecified atom stereocenters. The molecule has 1 heterocycles. The summed E-state index contributed by atoms with van der Waals surface area (Å²) >= 11 is 0. The zero-order valence-electron chi connectivity index (χ0n) is 10.1. The third-order valence-electron chi connectivity index (χ3n) is 2.30. The molecule has 0 fully saturated rings. The van der Waals surface area contributed by atoms with Crippen LogP contribution in [0.1, 0.15) is 6.92 Å². The standard InChI is InChI=1S/C13H14N2O3/c1-11(16)17-8-9-18-13-4-2-12(3-5-13)15-7-6-14-10-15/h2-7,10H,8-9H2,1H3. The molecule has 0 aliphatic heterocycles. The van der Waals surface area contributed by atoms with Gasteiger partial charge in [-0.2, -0.15) is 0 Å². The molecule has 0 spiro atoms. The van der Waals surface area contributed by atoms with Crippen LogP contribution in [-0.4, -0.2) is 28.7 Å². The summed E-state index contributed by atoms with van der Waals surface area (Å²) < 4.78 is 12.1. The molecule has 0 aliphatic rings. The SMILES string of the molecule is CC(=O)OCCOc1ccc(-n2ccnc2)cc1. The molecule has 18 heavy (non-hydrogen) atoms. The molecule has 0 radical (unpaired) electrons. The number of carbonyl (C=O) groups excluding carboxylic acids is 1. The average molecular weight is 246 g/mol. The largest absolute Gasteiger partial charge is 0.490 e. The lowest BCUT2D eigenvalue weighted by atomic mass is 10.3. The Morgan fingerprint density at radius 2 is 2.06 bits per heavy atom. The number of hydrogen-bond donors (Lipinski definition) is 0. The van der Waals surface area contributed by atoms with Gasteiger partial charge in [0.15, 0.2) is 0 Å². The minimum absolute atomic E-state index is 0.263. The van der Waals surface area contributed by atoms with E-state index in [4.69, 9.17) is 9.47 Å². The van der Waals surface area contributed by atoms with Crippen LogP contribution >= 0.6 is 0 Å². The van der Waals surface area contributed by atoms with E-state index in [0.717, 1.165) is 11.4 Å². The fourth-order valence-corrected chi connectivity index (χ4v) is 1.47. The van der Waals surface area contributed by atoms with E-state index in [1.807, 2.05) is 35.0 Å². The van der Waals surface area contributed by atoms with Crippen molar-refractivity contribution in [2.24, 2.45) is 0 Å². The van der Waals surface area contributed by atoms with Gasteiger partial charge in [0.1, 0.15) is 19.0 Å². The van der Waals surface area contributed by atoms with Crippen molar-refractivity contribution in [2.45, 2.75) is 6.92 Å². The summed E-state index contributed by atoms with van der Waals surface area (Å²) in [6, 6.07) is 7.60. The van der Waals surface area contributed by atoms with Crippen molar-refractivity contribution in [2.75, 3.05) is 13.2 Å². The Bertz CT molecular complexity index is 491. The van der Waals surface area contributed by atoms with E-state index in [2.05, 4.69) is 4.98 Å². The van der Waals surface area contributed by atoms with Crippen molar-refractivity contribution >= 4 is 5.97 Å². The number of ether oxygens (including phenoxy) is 2. The van der Waals surface area contributed by atoms with Gasteiger partial charge < -0.3 is 14.0 Å². The van der Waals surface area contributed by atoms with Gasteiger partial charge in [-0.3, -0.25) is 4.79 Å². The minimum atomic E-state index is -0.297. The van der Waals surface area contributed by atoms with E-state index >= 15 is 0 Å². The predicted octanol–water partition coefficient (Wildman–Crippen LogP) is 1.81. The highest BCUT2D eigenvalue weighted by Gasteiger charge is 1.98.